The third-order valence-electron chi connectivity index (χ3n) is 2.91. The highest BCUT2D eigenvalue weighted by Crippen LogP contribution is 2.15. The molecule has 0 unspecified atom stereocenters. The normalized spacial score (nSPS) is 10.6. The molecule has 21 heavy (non-hydrogen) atoms. The summed E-state index contributed by atoms with van der Waals surface area (Å²) in [6, 6.07) is 11.5. The Morgan fingerprint density at radius 3 is 2.62 bits per heavy atom. The van der Waals surface area contributed by atoms with Gasteiger partial charge in [-0.05, 0) is 30.8 Å². The van der Waals surface area contributed by atoms with E-state index >= 15 is 0 Å². The number of carboxylic acid groups (broad SMARTS) is 1. The summed E-state index contributed by atoms with van der Waals surface area (Å²) in [6.45, 7) is 1.10. The zero-order valence-corrected chi connectivity index (χ0v) is 11.9. The Bertz CT molecular complexity index is 570. The Kier molecular flexibility index (Phi) is 5.29. The minimum Gasteiger partial charge on any atom is -0.489 e. The van der Waals surface area contributed by atoms with Crippen LogP contribution in [-0.2, 0) is 17.9 Å². The molecule has 0 aliphatic heterocycles. The second-order valence-electron chi connectivity index (χ2n) is 4.86. The number of ether oxygens (including phenoxy) is 1. The number of hydrogen-bond donors (Lipinski definition) is 1. The van der Waals surface area contributed by atoms with Crippen molar-refractivity contribution in [1.29, 1.82) is 0 Å². The number of aliphatic carboxylic acids is 1. The lowest BCUT2D eigenvalue weighted by molar-refractivity contribution is -0.138. The van der Waals surface area contributed by atoms with Gasteiger partial charge in [0.2, 0.25) is 0 Å². The van der Waals surface area contributed by atoms with Gasteiger partial charge in [0.25, 0.3) is 0 Å². The van der Waals surface area contributed by atoms with Crippen molar-refractivity contribution in [1.82, 2.24) is 9.88 Å². The second kappa shape index (κ2) is 7.40. The van der Waals surface area contributed by atoms with Crippen molar-refractivity contribution in [3.8, 4) is 5.75 Å². The molecule has 0 aliphatic rings. The SMILES string of the molecule is CN(CC(=O)O)Cc1ccc(OCc2cccnc2)cc1. The Hall–Kier alpha value is -2.40. The van der Waals surface area contributed by atoms with Crippen LogP contribution in [0, 0.1) is 0 Å². The first kappa shape index (κ1) is 15.0. The van der Waals surface area contributed by atoms with Crippen molar-refractivity contribution < 1.29 is 14.6 Å². The highest BCUT2D eigenvalue weighted by atomic mass is 16.5. The van der Waals surface area contributed by atoms with Gasteiger partial charge < -0.3 is 9.84 Å². The second-order valence-corrected chi connectivity index (χ2v) is 4.86. The van der Waals surface area contributed by atoms with Crippen molar-refractivity contribution >= 4 is 5.97 Å². The minimum atomic E-state index is -0.825. The summed E-state index contributed by atoms with van der Waals surface area (Å²) in [6.07, 6.45) is 3.50. The molecule has 2 rings (SSSR count). The van der Waals surface area contributed by atoms with Crippen molar-refractivity contribution in [2.75, 3.05) is 13.6 Å². The van der Waals surface area contributed by atoms with Crippen LogP contribution in [-0.4, -0.2) is 34.6 Å². The molecular formula is C16H18N2O3. The molecule has 0 bridgehead atoms. The monoisotopic (exact) mass is 286 g/mol. The zero-order chi connectivity index (χ0) is 15.1. The van der Waals surface area contributed by atoms with Crippen LogP contribution in [0.5, 0.6) is 5.75 Å². The van der Waals surface area contributed by atoms with Gasteiger partial charge in [0.15, 0.2) is 0 Å². The maximum atomic E-state index is 10.6. The van der Waals surface area contributed by atoms with E-state index in [9.17, 15) is 4.79 Å². The van der Waals surface area contributed by atoms with Gasteiger partial charge in [-0.15, -0.1) is 0 Å². The molecule has 0 spiro atoms. The molecule has 2 aromatic rings. The van der Waals surface area contributed by atoms with E-state index in [1.54, 1.807) is 24.3 Å². The molecule has 0 saturated heterocycles. The smallest absolute Gasteiger partial charge is 0.317 e. The van der Waals surface area contributed by atoms with Crippen molar-refractivity contribution in [2.24, 2.45) is 0 Å². The quantitative estimate of drug-likeness (QED) is 0.845. The van der Waals surface area contributed by atoms with E-state index in [-0.39, 0.29) is 6.54 Å². The fourth-order valence-corrected chi connectivity index (χ4v) is 1.94. The Morgan fingerprint density at radius 2 is 2.00 bits per heavy atom. The van der Waals surface area contributed by atoms with Crippen LogP contribution in [0.2, 0.25) is 0 Å². The molecule has 1 aromatic heterocycles. The third-order valence-corrected chi connectivity index (χ3v) is 2.91. The van der Waals surface area contributed by atoms with E-state index in [0.29, 0.717) is 13.2 Å². The lowest BCUT2D eigenvalue weighted by Gasteiger charge is -2.14. The summed E-state index contributed by atoms with van der Waals surface area (Å²) in [4.78, 5) is 16.4. The molecule has 0 amide bonds. The fourth-order valence-electron chi connectivity index (χ4n) is 1.94. The van der Waals surface area contributed by atoms with E-state index in [2.05, 4.69) is 4.98 Å². The summed E-state index contributed by atoms with van der Waals surface area (Å²) in [5, 5.41) is 8.72. The number of pyridine rings is 1. The molecule has 5 heteroatoms. The first-order valence-corrected chi connectivity index (χ1v) is 6.64. The molecule has 110 valence electrons. The van der Waals surface area contributed by atoms with Crippen molar-refractivity contribution in [3.05, 3.63) is 59.9 Å². The molecule has 5 nitrogen and oxygen atoms in total. The van der Waals surface area contributed by atoms with Crippen LogP contribution in [0.15, 0.2) is 48.8 Å². The summed E-state index contributed by atoms with van der Waals surface area (Å²) in [5.41, 5.74) is 2.07. The van der Waals surface area contributed by atoms with E-state index < -0.39 is 5.97 Å². The summed E-state index contributed by atoms with van der Waals surface area (Å²) in [7, 11) is 1.78. The number of hydrogen-bond acceptors (Lipinski definition) is 4. The number of nitrogens with zero attached hydrogens (tertiary/aromatic N) is 2. The maximum absolute atomic E-state index is 10.6. The van der Waals surface area contributed by atoms with Crippen LogP contribution in [0.3, 0.4) is 0 Å². The molecule has 1 N–H and O–H groups in total. The number of benzene rings is 1. The van der Waals surface area contributed by atoms with Crippen LogP contribution >= 0.6 is 0 Å². The van der Waals surface area contributed by atoms with Crippen LogP contribution in [0.4, 0.5) is 0 Å². The average molecular weight is 286 g/mol. The molecule has 1 aromatic carbocycles. The van der Waals surface area contributed by atoms with Gasteiger partial charge >= 0.3 is 5.97 Å². The number of likely N-dealkylation sites (N-methyl/N-ethyl adjacent to an activating group) is 1. The van der Waals surface area contributed by atoms with Gasteiger partial charge in [-0.25, -0.2) is 0 Å². The molecule has 0 atom stereocenters. The Morgan fingerprint density at radius 1 is 1.24 bits per heavy atom. The standard InChI is InChI=1S/C16H18N2O3/c1-18(11-16(19)20)10-13-4-6-15(7-5-13)21-12-14-3-2-8-17-9-14/h2-9H,10-12H2,1H3,(H,19,20). The van der Waals surface area contributed by atoms with Crippen LogP contribution in [0.1, 0.15) is 11.1 Å². The van der Waals surface area contributed by atoms with Gasteiger partial charge in [0.05, 0.1) is 6.54 Å². The first-order chi connectivity index (χ1) is 10.1. The Balaban J connectivity index is 1.85. The number of carboxylic acids is 1. The highest BCUT2D eigenvalue weighted by Gasteiger charge is 2.05. The average Bonchev–Trinajstić information content (AvgIpc) is 2.47. The molecular weight excluding hydrogens is 268 g/mol. The van der Waals surface area contributed by atoms with E-state index in [4.69, 9.17) is 9.84 Å². The van der Waals surface area contributed by atoms with Crippen molar-refractivity contribution in [2.45, 2.75) is 13.2 Å². The lowest BCUT2D eigenvalue weighted by atomic mass is 10.2. The lowest BCUT2D eigenvalue weighted by Crippen LogP contribution is -2.25. The minimum absolute atomic E-state index is 0.0270. The summed E-state index contributed by atoms with van der Waals surface area (Å²) < 4.78 is 5.67. The highest BCUT2D eigenvalue weighted by molar-refractivity contribution is 5.69. The molecule has 0 fully saturated rings. The topological polar surface area (TPSA) is 62.7 Å². The predicted molar refractivity (Wildman–Crippen MR) is 79.0 cm³/mol. The molecule has 0 aliphatic carbocycles. The summed E-state index contributed by atoms with van der Waals surface area (Å²) >= 11 is 0. The van der Waals surface area contributed by atoms with Gasteiger partial charge in [-0.1, -0.05) is 18.2 Å². The maximum Gasteiger partial charge on any atom is 0.317 e. The van der Waals surface area contributed by atoms with E-state index in [1.807, 2.05) is 36.4 Å². The zero-order valence-electron chi connectivity index (χ0n) is 11.9. The van der Waals surface area contributed by atoms with Gasteiger partial charge in [-0.2, -0.15) is 0 Å². The van der Waals surface area contributed by atoms with Crippen LogP contribution < -0.4 is 4.74 Å². The fraction of sp³-hybridized carbons (Fsp3) is 0.250. The molecule has 0 saturated carbocycles. The molecule has 0 radical (unpaired) electrons. The van der Waals surface area contributed by atoms with Gasteiger partial charge in [-0.3, -0.25) is 14.7 Å². The number of carbonyl (C=O) groups is 1. The number of aromatic nitrogens is 1. The largest absolute Gasteiger partial charge is 0.489 e. The first-order valence-electron chi connectivity index (χ1n) is 6.64. The van der Waals surface area contributed by atoms with Crippen molar-refractivity contribution in [3.63, 3.8) is 0 Å². The number of rotatable bonds is 7. The van der Waals surface area contributed by atoms with Crippen LogP contribution in [0.25, 0.3) is 0 Å². The molecule has 1 heterocycles. The van der Waals surface area contributed by atoms with Gasteiger partial charge in [0.1, 0.15) is 12.4 Å². The Labute approximate surface area is 123 Å². The third kappa shape index (κ3) is 5.24. The van der Waals surface area contributed by atoms with E-state index in [1.165, 1.54) is 0 Å². The van der Waals surface area contributed by atoms with Gasteiger partial charge in [0, 0.05) is 24.5 Å². The summed E-state index contributed by atoms with van der Waals surface area (Å²) in [5.74, 6) is -0.0441. The predicted octanol–water partition coefficient (Wildman–Crippen LogP) is 2.18. The van der Waals surface area contributed by atoms with E-state index in [0.717, 1.165) is 16.9 Å².